The minimum absolute atomic E-state index is 0.0409. The maximum Gasteiger partial charge on any atom is 0.251 e. The van der Waals surface area contributed by atoms with Gasteiger partial charge in [-0.1, -0.05) is 58.0 Å². The zero-order valence-corrected chi connectivity index (χ0v) is 21.3. The number of amides is 2. The fourth-order valence-electron chi connectivity index (χ4n) is 3.95. The van der Waals surface area contributed by atoms with Crippen LogP contribution in [0, 0.1) is 0 Å². The maximum atomic E-state index is 13.5. The first-order valence-corrected chi connectivity index (χ1v) is 12.6. The molecule has 0 bridgehead atoms. The fraction of sp³-hybridized carbons (Fsp3) is 0.500. The maximum absolute atomic E-state index is 13.5. The third-order valence-corrected chi connectivity index (χ3v) is 5.85. The largest absolute Gasteiger partial charge is 0.492 e. The van der Waals surface area contributed by atoms with Crippen molar-refractivity contribution in [1.29, 1.82) is 0 Å². The highest BCUT2D eigenvalue weighted by molar-refractivity contribution is 5.97. The van der Waals surface area contributed by atoms with Crippen molar-refractivity contribution < 1.29 is 14.3 Å². The summed E-state index contributed by atoms with van der Waals surface area (Å²) in [5.74, 6) is 0.503. The number of carbonyl (C=O) groups excluding carboxylic acids is 2. The summed E-state index contributed by atoms with van der Waals surface area (Å²) in [6.07, 6.45) is 2.16. The van der Waals surface area contributed by atoms with Crippen LogP contribution in [0.4, 0.5) is 0 Å². The summed E-state index contributed by atoms with van der Waals surface area (Å²) in [5.41, 5.74) is 1.51. The van der Waals surface area contributed by atoms with E-state index in [1.54, 1.807) is 12.1 Å². The van der Waals surface area contributed by atoms with Gasteiger partial charge in [-0.25, -0.2) is 0 Å². The van der Waals surface area contributed by atoms with Crippen LogP contribution in [0.1, 0.15) is 56.5 Å². The third-order valence-electron chi connectivity index (χ3n) is 5.85. The molecule has 0 radical (unpaired) electrons. The van der Waals surface area contributed by atoms with Crippen molar-refractivity contribution in [2.75, 3.05) is 39.3 Å². The van der Waals surface area contributed by atoms with Crippen molar-refractivity contribution >= 4 is 11.8 Å². The van der Waals surface area contributed by atoms with E-state index in [4.69, 9.17) is 4.74 Å². The zero-order chi connectivity index (χ0) is 24.8. The molecule has 0 aliphatic rings. The molecule has 0 aliphatic carbocycles. The van der Waals surface area contributed by atoms with Gasteiger partial charge in [-0.2, -0.15) is 0 Å². The van der Waals surface area contributed by atoms with E-state index in [2.05, 4.69) is 37.9 Å². The molecule has 6 heteroatoms. The quantitative estimate of drug-likeness (QED) is 0.422. The topological polar surface area (TPSA) is 61.9 Å². The lowest BCUT2D eigenvalue weighted by molar-refractivity contribution is -0.133. The number of nitrogens with zero attached hydrogens (tertiary/aromatic N) is 2. The first kappa shape index (κ1) is 27.4. The van der Waals surface area contributed by atoms with Crippen molar-refractivity contribution in [2.45, 2.75) is 53.0 Å². The number of likely N-dealkylation sites (N-methyl/N-ethyl adjacent to an activating group) is 1. The van der Waals surface area contributed by atoms with E-state index in [0.29, 0.717) is 31.7 Å². The van der Waals surface area contributed by atoms with Gasteiger partial charge in [-0.3, -0.25) is 9.59 Å². The molecule has 2 aromatic rings. The molecule has 6 nitrogen and oxygen atoms in total. The molecule has 1 unspecified atom stereocenters. The molecule has 1 atom stereocenters. The Bertz CT molecular complexity index is 862. The molecule has 2 rings (SSSR count). The van der Waals surface area contributed by atoms with Gasteiger partial charge < -0.3 is 19.9 Å². The Morgan fingerprint density at radius 2 is 1.56 bits per heavy atom. The summed E-state index contributed by atoms with van der Waals surface area (Å²) in [7, 11) is 0. The van der Waals surface area contributed by atoms with Crippen molar-refractivity contribution in [3.8, 4) is 5.75 Å². The molecule has 34 heavy (non-hydrogen) atoms. The highest BCUT2D eigenvalue weighted by Crippen LogP contribution is 2.16. The molecular weight excluding hydrogens is 426 g/mol. The number of benzene rings is 2. The van der Waals surface area contributed by atoms with Gasteiger partial charge in [0.2, 0.25) is 5.91 Å². The first-order valence-electron chi connectivity index (χ1n) is 12.6. The standard InChI is InChI=1S/C28H41N3O3/c1-5-17-31(18-6-2)28(33)26(29-27(32)24-14-10-9-11-15-24)22-23-13-12-16-25(21-23)34-20-19-30(7-3)8-4/h9-16,21,26H,5-8,17-20,22H2,1-4H3,(H,29,32). The fourth-order valence-corrected chi connectivity index (χ4v) is 3.95. The van der Waals surface area contributed by atoms with Crippen LogP contribution in [-0.4, -0.2) is 67.0 Å². The Balaban J connectivity index is 2.17. The lowest BCUT2D eigenvalue weighted by Gasteiger charge is -2.27. The van der Waals surface area contributed by atoms with Crippen LogP contribution in [0.2, 0.25) is 0 Å². The monoisotopic (exact) mass is 467 g/mol. The van der Waals surface area contributed by atoms with Gasteiger partial charge in [-0.15, -0.1) is 0 Å². The van der Waals surface area contributed by atoms with Crippen LogP contribution >= 0.6 is 0 Å². The van der Waals surface area contributed by atoms with Gasteiger partial charge in [0.25, 0.3) is 5.91 Å². The molecule has 0 aromatic heterocycles. The Morgan fingerprint density at radius 3 is 2.18 bits per heavy atom. The van der Waals surface area contributed by atoms with E-state index in [1.807, 2.05) is 47.4 Å². The Kier molecular flexibility index (Phi) is 12.2. The molecule has 186 valence electrons. The predicted molar refractivity (Wildman–Crippen MR) is 138 cm³/mol. The summed E-state index contributed by atoms with van der Waals surface area (Å²) in [6.45, 7) is 13.2. The molecule has 2 aromatic carbocycles. The summed E-state index contributed by atoms with van der Waals surface area (Å²) in [5, 5.41) is 2.99. The lowest BCUT2D eigenvalue weighted by atomic mass is 10.0. The Morgan fingerprint density at radius 1 is 0.882 bits per heavy atom. The minimum atomic E-state index is -0.642. The SMILES string of the molecule is CCCN(CCC)C(=O)C(Cc1cccc(OCCN(CC)CC)c1)NC(=O)c1ccccc1. The molecule has 2 amide bonds. The summed E-state index contributed by atoms with van der Waals surface area (Å²) in [6, 6.07) is 16.2. The van der Waals surface area contributed by atoms with Crippen molar-refractivity contribution in [3.05, 3.63) is 65.7 Å². The van der Waals surface area contributed by atoms with Crippen LogP contribution in [0.25, 0.3) is 0 Å². The van der Waals surface area contributed by atoms with Crippen LogP contribution in [0.15, 0.2) is 54.6 Å². The average molecular weight is 468 g/mol. The Hall–Kier alpha value is -2.86. The smallest absolute Gasteiger partial charge is 0.251 e. The minimum Gasteiger partial charge on any atom is -0.492 e. The van der Waals surface area contributed by atoms with Gasteiger partial charge in [0.05, 0.1) is 0 Å². The second-order valence-corrected chi connectivity index (χ2v) is 8.44. The van der Waals surface area contributed by atoms with Gasteiger partial charge in [-0.05, 0) is 55.8 Å². The number of nitrogens with one attached hydrogen (secondary N) is 1. The van der Waals surface area contributed by atoms with E-state index >= 15 is 0 Å². The van der Waals surface area contributed by atoms with Gasteiger partial charge in [0.15, 0.2) is 0 Å². The van der Waals surface area contributed by atoms with Crippen LogP contribution in [0.5, 0.6) is 5.75 Å². The first-order chi connectivity index (χ1) is 16.5. The van der Waals surface area contributed by atoms with Gasteiger partial charge >= 0.3 is 0 Å². The van der Waals surface area contributed by atoms with E-state index in [0.717, 1.165) is 43.8 Å². The zero-order valence-electron chi connectivity index (χ0n) is 21.3. The van der Waals surface area contributed by atoms with Crippen molar-refractivity contribution in [1.82, 2.24) is 15.1 Å². The highest BCUT2D eigenvalue weighted by atomic mass is 16.5. The van der Waals surface area contributed by atoms with E-state index in [1.165, 1.54) is 0 Å². The van der Waals surface area contributed by atoms with Crippen LogP contribution in [0.3, 0.4) is 0 Å². The van der Waals surface area contributed by atoms with Gasteiger partial charge in [0, 0.05) is 31.6 Å². The molecule has 0 heterocycles. The molecule has 1 N–H and O–H groups in total. The second-order valence-electron chi connectivity index (χ2n) is 8.44. The highest BCUT2D eigenvalue weighted by Gasteiger charge is 2.26. The van der Waals surface area contributed by atoms with Crippen LogP contribution in [-0.2, 0) is 11.2 Å². The summed E-state index contributed by atoms with van der Waals surface area (Å²) >= 11 is 0. The second kappa shape index (κ2) is 15.1. The van der Waals surface area contributed by atoms with E-state index < -0.39 is 6.04 Å². The Labute approximate surface area is 205 Å². The number of ether oxygens (including phenoxy) is 1. The summed E-state index contributed by atoms with van der Waals surface area (Å²) in [4.78, 5) is 30.5. The van der Waals surface area contributed by atoms with Gasteiger partial charge in [0.1, 0.15) is 18.4 Å². The van der Waals surface area contributed by atoms with Crippen molar-refractivity contribution in [3.63, 3.8) is 0 Å². The molecule has 0 saturated carbocycles. The number of carbonyl (C=O) groups is 2. The molecular formula is C28H41N3O3. The number of hydrogen-bond acceptors (Lipinski definition) is 4. The average Bonchev–Trinajstić information content (AvgIpc) is 2.86. The molecule has 0 aliphatic heterocycles. The third kappa shape index (κ3) is 8.82. The summed E-state index contributed by atoms with van der Waals surface area (Å²) < 4.78 is 5.97. The van der Waals surface area contributed by atoms with Crippen molar-refractivity contribution in [2.24, 2.45) is 0 Å². The molecule has 0 saturated heterocycles. The van der Waals surface area contributed by atoms with E-state index in [-0.39, 0.29) is 11.8 Å². The van der Waals surface area contributed by atoms with E-state index in [9.17, 15) is 9.59 Å². The predicted octanol–water partition coefficient (Wildman–Crippen LogP) is 4.40. The van der Waals surface area contributed by atoms with Crippen LogP contribution < -0.4 is 10.1 Å². The molecule has 0 fully saturated rings. The lowest BCUT2D eigenvalue weighted by Crippen LogP contribution is -2.50. The normalized spacial score (nSPS) is 11.8. The number of hydrogen-bond donors (Lipinski definition) is 1. The molecule has 0 spiro atoms. The number of rotatable bonds is 15.